The molecule has 7 heteroatoms. The van der Waals surface area contributed by atoms with Gasteiger partial charge in [-0.05, 0) is 26.0 Å². The van der Waals surface area contributed by atoms with Gasteiger partial charge in [0.2, 0.25) is 0 Å². The highest BCUT2D eigenvalue weighted by molar-refractivity contribution is 6.05. The van der Waals surface area contributed by atoms with Crippen LogP contribution < -0.4 is 10.1 Å². The van der Waals surface area contributed by atoms with Gasteiger partial charge in [-0.15, -0.1) is 5.10 Å². The average molecular weight is 325 g/mol. The van der Waals surface area contributed by atoms with Crippen LogP contribution in [-0.4, -0.2) is 32.1 Å². The summed E-state index contributed by atoms with van der Waals surface area (Å²) in [6, 6.07) is 7.33. The van der Waals surface area contributed by atoms with Crippen LogP contribution in [0.25, 0.3) is 5.78 Å². The first-order valence-corrected chi connectivity index (χ1v) is 7.88. The molecule has 0 aliphatic heterocycles. The average Bonchev–Trinajstić information content (AvgIpc) is 2.98. The Labute approximate surface area is 139 Å². The van der Waals surface area contributed by atoms with Crippen LogP contribution in [0.4, 0.5) is 5.69 Å². The standard InChI is InChI=1S/C17H19N5O2/c1-4-15-20-17-18-11(3)12(10-22(17)21-15)16(23)19-13-8-6-7-9-14(13)24-5-2/h6-10H,4-5H2,1-3H3,(H,19,23). The van der Waals surface area contributed by atoms with Crippen LogP contribution in [0.2, 0.25) is 0 Å². The highest BCUT2D eigenvalue weighted by Crippen LogP contribution is 2.24. The SMILES string of the molecule is CCOc1ccccc1NC(=O)c1cn2nc(CC)nc2nc1C. The monoisotopic (exact) mass is 325 g/mol. The van der Waals surface area contributed by atoms with Crippen molar-refractivity contribution in [3.05, 3.63) is 47.5 Å². The lowest BCUT2D eigenvalue weighted by molar-refractivity contribution is 0.102. The van der Waals surface area contributed by atoms with Crippen molar-refractivity contribution >= 4 is 17.4 Å². The van der Waals surface area contributed by atoms with Gasteiger partial charge in [-0.3, -0.25) is 4.79 Å². The minimum Gasteiger partial charge on any atom is -0.492 e. The van der Waals surface area contributed by atoms with E-state index >= 15 is 0 Å². The zero-order valence-corrected chi connectivity index (χ0v) is 13.9. The summed E-state index contributed by atoms with van der Waals surface area (Å²) in [7, 11) is 0. The van der Waals surface area contributed by atoms with Gasteiger partial charge in [0, 0.05) is 12.6 Å². The van der Waals surface area contributed by atoms with E-state index in [4.69, 9.17) is 4.74 Å². The van der Waals surface area contributed by atoms with Gasteiger partial charge in [-0.1, -0.05) is 19.1 Å². The maximum absolute atomic E-state index is 12.6. The summed E-state index contributed by atoms with van der Waals surface area (Å²) in [5.74, 6) is 1.56. The molecule has 0 fully saturated rings. The largest absolute Gasteiger partial charge is 0.492 e. The van der Waals surface area contributed by atoms with E-state index in [1.165, 1.54) is 4.52 Å². The number of rotatable bonds is 5. The molecule has 124 valence electrons. The van der Waals surface area contributed by atoms with Crippen LogP contribution >= 0.6 is 0 Å². The molecular formula is C17H19N5O2. The van der Waals surface area contributed by atoms with Gasteiger partial charge >= 0.3 is 0 Å². The van der Waals surface area contributed by atoms with Crippen LogP contribution in [-0.2, 0) is 6.42 Å². The van der Waals surface area contributed by atoms with Crippen molar-refractivity contribution in [2.24, 2.45) is 0 Å². The number of nitrogens with one attached hydrogen (secondary N) is 1. The van der Waals surface area contributed by atoms with Crippen molar-refractivity contribution in [2.45, 2.75) is 27.2 Å². The predicted molar refractivity (Wildman–Crippen MR) is 90.5 cm³/mol. The molecule has 1 N–H and O–H groups in total. The predicted octanol–water partition coefficient (Wildman–Crippen LogP) is 2.65. The Morgan fingerprint density at radius 3 is 2.79 bits per heavy atom. The van der Waals surface area contributed by atoms with Crippen molar-refractivity contribution in [3.63, 3.8) is 0 Å². The summed E-state index contributed by atoms with van der Waals surface area (Å²) in [5, 5.41) is 7.18. The fourth-order valence-electron chi connectivity index (χ4n) is 2.36. The number of aromatic nitrogens is 4. The number of aryl methyl sites for hydroxylation is 2. The molecule has 3 rings (SSSR count). The summed E-state index contributed by atoms with van der Waals surface area (Å²) < 4.78 is 7.07. The highest BCUT2D eigenvalue weighted by Gasteiger charge is 2.15. The number of para-hydroxylation sites is 2. The minimum atomic E-state index is -0.261. The summed E-state index contributed by atoms with van der Waals surface area (Å²) in [6.45, 7) is 6.18. The number of anilines is 1. The maximum Gasteiger partial charge on any atom is 0.259 e. The highest BCUT2D eigenvalue weighted by atomic mass is 16.5. The first-order chi connectivity index (χ1) is 11.6. The van der Waals surface area contributed by atoms with Gasteiger partial charge in [0.25, 0.3) is 11.7 Å². The van der Waals surface area contributed by atoms with E-state index in [-0.39, 0.29) is 5.91 Å². The van der Waals surface area contributed by atoms with E-state index in [0.717, 1.165) is 0 Å². The quantitative estimate of drug-likeness (QED) is 0.780. The van der Waals surface area contributed by atoms with Crippen LogP contribution in [0.1, 0.15) is 35.7 Å². The molecule has 0 unspecified atom stereocenters. The smallest absolute Gasteiger partial charge is 0.259 e. The van der Waals surface area contributed by atoms with E-state index in [1.54, 1.807) is 19.2 Å². The molecule has 0 atom stereocenters. The van der Waals surface area contributed by atoms with Crippen LogP contribution in [0.15, 0.2) is 30.5 Å². The number of amides is 1. The Bertz CT molecular complexity index is 888. The Hall–Kier alpha value is -2.96. The molecule has 0 aliphatic rings. The molecule has 1 amide bonds. The van der Waals surface area contributed by atoms with E-state index in [1.807, 2.05) is 32.0 Å². The van der Waals surface area contributed by atoms with Crippen molar-refractivity contribution < 1.29 is 9.53 Å². The van der Waals surface area contributed by atoms with Crippen molar-refractivity contribution in [1.82, 2.24) is 19.6 Å². The summed E-state index contributed by atoms with van der Waals surface area (Å²) in [5.41, 5.74) is 1.67. The second kappa shape index (κ2) is 6.66. The number of carbonyl (C=O) groups excluding carboxylic acids is 1. The molecule has 0 saturated heterocycles. The fourth-order valence-corrected chi connectivity index (χ4v) is 2.36. The van der Waals surface area contributed by atoms with Crippen LogP contribution in [0.3, 0.4) is 0 Å². The zero-order chi connectivity index (χ0) is 17.1. The van der Waals surface area contributed by atoms with Crippen molar-refractivity contribution in [2.75, 3.05) is 11.9 Å². The lowest BCUT2D eigenvalue weighted by Crippen LogP contribution is -2.16. The molecule has 0 radical (unpaired) electrons. The zero-order valence-electron chi connectivity index (χ0n) is 13.9. The topological polar surface area (TPSA) is 81.4 Å². The normalized spacial score (nSPS) is 10.8. The third-order valence-electron chi connectivity index (χ3n) is 3.56. The molecule has 1 aromatic carbocycles. The Balaban J connectivity index is 1.92. The summed E-state index contributed by atoms with van der Waals surface area (Å²) >= 11 is 0. The third-order valence-corrected chi connectivity index (χ3v) is 3.56. The number of hydrogen-bond donors (Lipinski definition) is 1. The molecule has 0 spiro atoms. The van der Waals surface area contributed by atoms with Crippen molar-refractivity contribution in [1.29, 1.82) is 0 Å². The van der Waals surface area contributed by atoms with Crippen molar-refractivity contribution in [3.8, 4) is 5.75 Å². The number of ether oxygens (including phenoxy) is 1. The molecule has 0 bridgehead atoms. The van der Waals surface area contributed by atoms with Gasteiger partial charge in [-0.2, -0.15) is 4.98 Å². The maximum atomic E-state index is 12.6. The number of fused-ring (bicyclic) bond motifs is 1. The van der Waals surface area contributed by atoms with E-state index in [0.29, 0.717) is 47.3 Å². The van der Waals surface area contributed by atoms with E-state index in [2.05, 4.69) is 20.4 Å². The Morgan fingerprint density at radius 2 is 2.04 bits per heavy atom. The molecular weight excluding hydrogens is 306 g/mol. The molecule has 0 saturated carbocycles. The molecule has 0 aliphatic carbocycles. The summed E-state index contributed by atoms with van der Waals surface area (Å²) in [4.78, 5) is 21.3. The van der Waals surface area contributed by atoms with E-state index < -0.39 is 0 Å². The Morgan fingerprint density at radius 1 is 1.25 bits per heavy atom. The lowest BCUT2D eigenvalue weighted by Gasteiger charge is -2.12. The van der Waals surface area contributed by atoms with E-state index in [9.17, 15) is 4.79 Å². The number of nitrogens with zero attached hydrogens (tertiary/aromatic N) is 4. The first-order valence-electron chi connectivity index (χ1n) is 7.88. The second-order valence-corrected chi connectivity index (χ2v) is 5.25. The summed E-state index contributed by atoms with van der Waals surface area (Å²) in [6.07, 6.45) is 2.37. The molecule has 2 heterocycles. The number of hydrogen-bond acceptors (Lipinski definition) is 5. The van der Waals surface area contributed by atoms with Gasteiger partial charge in [-0.25, -0.2) is 9.50 Å². The molecule has 3 aromatic rings. The van der Waals surface area contributed by atoms with Gasteiger partial charge in [0.05, 0.1) is 23.6 Å². The third kappa shape index (κ3) is 3.05. The van der Waals surface area contributed by atoms with Gasteiger partial charge < -0.3 is 10.1 Å². The second-order valence-electron chi connectivity index (χ2n) is 5.25. The van der Waals surface area contributed by atoms with Gasteiger partial charge in [0.1, 0.15) is 5.75 Å². The van der Waals surface area contributed by atoms with Crippen LogP contribution in [0, 0.1) is 6.92 Å². The number of benzene rings is 1. The van der Waals surface area contributed by atoms with Gasteiger partial charge in [0.15, 0.2) is 5.82 Å². The van der Waals surface area contributed by atoms with Crippen LogP contribution in [0.5, 0.6) is 5.75 Å². The minimum absolute atomic E-state index is 0.261. The molecule has 7 nitrogen and oxygen atoms in total. The lowest BCUT2D eigenvalue weighted by atomic mass is 10.2. The molecule has 24 heavy (non-hydrogen) atoms. The first kappa shape index (κ1) is 15.9. The number of carbonyl (C=O) groups is 1. The molecule has 2 aromatic heterocycles. The Kier molecular flexibility index (Phi) is 4.41. The fraction of sp³-hybridized carbons (Fsp3) is 0.294.